The van der Waals surface area contributed by atoms with Crippen LogP contribution in [0, 0.1) is 0 Å². The van der Waals surface area contributed by atoms with Crippen LogP contribution in [-0.2, 0) is 10.0 Å². The molecule has 3 rings (SSSR count). The molecule has 5 nitrogen and oxygen atoms in total. The maximum Gasteiger partial charge on any atom is 0.255 e. The first-order valence-corrected chi connectivity index (χ1v) is 11.8. The molecule has 1 heterocycles. The van der Waals surface area contributed by atoms with Crippen LogP contribution in [0.15, 0.2) is 57.9 Å². The summed E-state index contributed by atoms with van der Waals surface area (Å²) in [4.78, 5) is 15.3. The fraction of sp³-hybridized carbons (Fsp3) is 0.381. The Morgan fingerprint density at radius 1 is 1.14 bits per heavy atom. The van der Waals surface area contributed by atoms with Gasteiger partial charge in [-0.2, -0.15) is 4.31 Å². The first-order valence-electron chi connectivity index (χ1n) is 9.55. The number of carbonyl (C=O) groups is 1. The number of carbonyl (C=O) groups excluding carboxylic acids is 1. The predicted octanol–water partition coefficient (Wildman–Crippen LogP) is 4.46. The first kappa shape index (κ1) is 21.0. The summed E-state index contributed by atoms with van der Waals surface area (Å²) < 4.78 is 27.7. The monoisotopic (exact) mass is 464 g/mol. The maximum absolute atomic E-state index is 13.3. The Bertz CT molecular complexity index is 943. The van der Waals surface area contributed by atoms with Crippen molar-refractivity contribution in [1.82, 2.24) is 9.21 Å². The van der Waals surface area contributed by atoms with Gasteiger partial charge in [-0.3, -0.25) is 4.79 Å². The molecule has 0 aliphatic carbocycles. The number of likely N-dealkylation sites (tertiary alicyclic amines) is 1. The van der Waals surface area contributed by atoms with Crippen LogP contribution in [0.3, 0.4) is 0 Å². The molecular formula is C21H25BrN2O3S. The third-order valence-electron chi connectivity index (χ3n) is 5.21. The minimum atomic E-state index is -3.62. The normalized spacial score (nSPS) is 17.3. The summed E-state index contributed by atoms with van der Waals surface area (Å²) in [7, 11) is -3.62. The number of sulfonamides is 1. The van der Waals surface area contributed by atoms with E-state index in [-0.39, 0.29) is 16.8 Å². The predicted molar refractivity (Wildman–Crippen MR) is 114 cm³/mol. The standard InChI is InChI=1S/C21H25BrN2O3S/c1-3-23(4-2)28(26,27)17-12-13-19(22)18(15-17)21(25)24-14-8-11-20(24)16-9-6-5-7-10-16/h5-7,9-10,12-13,15,20H,3-4,8,11,14H2,1-2H3/t20-/m1/s1. The number of rotatable bonds is 6. The van der Waals surface area contributed by atoms with Crippen molar-refractivity contribution in [1.29, 1.82) is 0 Å². The van der Waals surface area contributed by atoms with Crippen molar-refractivity contribution >= 4 is 31.9 Å². The van der Waals surface area contributed by atoms with Gasteiger partial charge in [-0.25, -0.2) is 8.42 Å². The molecule has 1 fully saturated rings. The molecule has 1 amide bonds. The fourth-order valence-electron chi connectivity index (χ4n) is 3.73. The van der Waals surface area contributed by atoms with Crippen LogP contribution in [0.5, 0.6) is 0 Å². The molecule has 2 aromatic carbocycles. The van der Waals surface area contributed by atoms with E-state index in [0.29, 0.717) is 29.7 Å². The van der Waals surface area contributed by atoms with E-state index in [1.165, 1.54) is 10.4 Å². The minimum Gasteiger partial charge on any atom is -0.332 e. The zero-order valence-electron chi connectivity index (χ0n) is 16.1. The van der Waals surface area contributed by atoms with Gasteiger partial charge in [0.2, 0.25) is 10.0 Å². The second-order valence-corrected chi connectivity index (χ2v) is 9.59. The van der Waals surface area contributed by atoms with Crippen molar-refractivity contribution in [3.63, 3.8) is 0 Å². The average molecular weight is 465 g/mol. The van der Waals surface area contributed by atoms with Crippen LogP contribution >= 0.6 is 15.9 Å². The molecule has 28 heavy (non-hydrogen) atoms. The molecule has 1 aliphatic rings. The Kier molecular flexibility index (Phi) is 6.58. The van der Waals surface area contributed by atoms with Gasteiger partial charge < -0.3 is 4.90 Å². The molecule has 150 valence electrons. The number of benzene rings is 2. The van der Waals surface area contributed by atoms with Gasteiger partial charge >= 0.3 is 0 Å². The summed E-state index contributed by atoms with van der Waals surface area (Å²) in [5.74, 6) is -0.144. The van der Waals surface area contributed by atoms with Gasteiger partial charge in [0.15, 0.2) is 0 Å². The molecule has 0 unspecified atom stereocenters. The fourth-order valence-corrected chi connectivity index (χ4v) is 5.63. The lowest BCUT2D eigenvalue weighted by molar-refractivity contribution is 0.0734. The van der Waals surface area contributed by atoms with Crippen LogP contribution in [0.4, 0.5) is 0 Å². The molecule has 7 heteroatoms. The van der Waals surface area contributed by atoms with Gasteiger partial charge in [-0.1, -0.05) is 44.2 Å². The zero-order valence-corrected chi connectivity index (χ0v) is 18.5. The van der Waals surface area contributed by atoms with E-state index >= 15 is 0 Å². The zero-order chi connectivity index (χ0) is 20.3. The van der Waals surface area contributed by atoms with E-state index in [1.807, 2.05) is 35.2 Å². The summed E-state index contributed by atoms with van der Waals surface area (Å²) in [5, 5.41) is 0. The Morgan fingerprint density at radius 2 is 1.82 bits per heavy atom. The van der Waals surface area contributed by atoms with Gasteiger partial charge in [0.05, 0.1) is 16.5 Å². The van der Waals surface area contributed by atoms with Crippen molar-refractivity contribution in [3.05, 3.63) is 64.1 Å². The summed E-state index contributed by atoms with van der Waals surface area (Å²) in [6, 6.07) is 14.7. The van der Waals surface area contributed by atoms with Crippen LogP contribution in [0.25, 0.3) is 0 Å². The van der Waals surface area contributed by atoms with Crippen LogP contribution in [0.1, 0.15) is 48.7 Å². The van der Waals surface area contributed by atoms with Gasteiger partial charge in [-0.05, 0) is 52.5 Å². The topological polar surface area (TPSA) is 57.7 Å². The molecule has 0 bridgehead atoms. The van der Waals surface area contributed by atoms with Crippen molar-refractivity contribution < 1.29 is 13.2 Å². The lowest BCUT2D eigenvalue weighted by atomic mass is 10.0. The number of hydrogen-bond donors (Lipinski definition) is 0. The van der Waals surface area contributed by atoms with Gasteiger partial charge in [0.1, 0.15) is 0 Å². The molecule has 0 N–H and O–H groups in total. The lowest BCUT2D eigenvalue weighted by Crippen LogP contribution is -2.32. The second kappa shape index (κ2) is 8.76. The Morgan fingerprint density at radius 3 is 2.46 bits per heavy atom. The van der Waals surface area contributed by atoms with Crippen molar-refractivity contribution in [3.8, 4) is 0 Å². The molecule has 1 saturated heterocycles. The van der Waals surface area contributed by atoms with Crippen molar-refractivity contribution in [2.45, 2.75) is 37.6 Å². The molecule has 2 aromatic rings. The molecule has 0 radical (unpaired) electrons. The van der Waals surface area contributed by atoms with E-state index in [9.17, 15) is 13.2 Å². The number of hydrogen-bond acceptors (Lipinski definition) is 3. The van der Waals surface area contributed by atoms with Gasteiger partial charge in [-0.15, -0.1) is 0 Å². The highest BCUT2D eigenvalue weighted by molar-refractivity contribution is 9.10. The minimum absolute atomic E-state index is 0.0173. The Balaban J connectivity index is 1.96. The van der Waals surface area contributed by atoms with Gasteiger partial charge in [0, 0.05) is 24.1 Å². The quantitative estimate of drug-likeness (QED) is 0.633. The van der Waals surface area contributed by atoms with Crippen LogP contribution < -0.4 is 0 Å². The van der Waals surface area contributed by atoms with Crippen molar-refractivity contribution in [2.75, 3.05) is 19.6 Å². The van der Waals surface area contributed by atoms with E-state index in [1.54, 1.807) is 26.0 Å². The summed E-state index contributed by atoms with van der Waals surface area (Å²) in [6.07, 6.45) is 1.84. The molecule has 1 aliphatic heterocycles. The first-order chi connectivity index (χ1) is 13.4. The third kappa shape index (κ3) is 4.02. The SMILES string of the molecule is CCN(CC)S(=O)(=O)c1ccc(Br)c(C(=O)N2CCC[C@@H]2c2ccccc2)c1. The van der Waals surface area contributed by atoms with Crippen LogP contribution in [0.2, 0.25) is 0 Å². The largest absolute Gasteiger partial charge is 0.332 e. The van der Waals surface area contributed by atoms with E-state index in [0.717, 1.165) is 18.4 Å². The average Bonchev–Trinajstić information content (AvgIpc) is 3.19. The molecule has 0 aromatic heterocycles. The summed E-state index contributed by atoms with van der Waals surface area (Å²) in [6.45, 7) is 5.06. The van der Waals surface area contributed by atoms with Gasteiger partial charge in [0.25, 0.3) is 5.91 Å². The highest BCUT2D eigenvalue weighted by Gasteiger charge is 2.32. The summed E-state index contributed by atoms with van der Waals surface area (Å²) >= 11 is 3.44. The van der Waals surface area contributed by atoms with E-state index in [2.05, 4.69) is 15.9 Å². The molecule has 1 atom stereocenters. The third-order valence-corrected chi connectivity index (χ3v) is 7.95. The molecule has 0 saturated carbocycles. The van der Waals surface area contributed by atoms with Crippen molar-refractivity contribution in [2.24, 2.45) is 0 Å². The van der Waals surface area contributed by atoms with Crippen LogP contribution in [-0.4, -0.2) is 43.2 Å². The second-order valence-electron chi connectivity index (χ2n) is 6.80. The number of amides is 1. The molecule has 0 spiro atoms. The Labute approximate surface area is 175 Å². The highest BCUT2D eigenvalue weighted by atomic mass is 79.9. The maximum atomic E-state index is 13.3. The Hall–Kier alpha value is -1.70. The molecular weight excluding hydrogens is 440 g/mol. The van der Waals surface area contributed by atoms with E-state index in [4.69, 9.17) is 0 Å². The van der Waals surface area contributed by atoms with E-state index < -0.39 is 10.0 Å². The number of halogens is 1. The highest BCUT2D eigenvalue weighted by Crippen LogP contribution is 2.34. The summed E-state index contributed by atoms with van der Waals surface area (Å²) in [5.41, 5.74) is 1.49. The smallest absolute Gasteiger partial charge is 0.255 e. The number of nitrogens with zero attached hydrogens (tertiary/aromatic N) is 2. The lowest BCUT2D eigenvalue weighted by Gasteiger charge is -2.26.